The summed E-state index contributed by atoms with van der Waals surface area (Å²) in [7, 11) is 1.43. The summed E-state index contributed by atoms with van der Waals surface area (Å²) in [5.41, 5.74) is -0.409. The lowest BCUT2D eigenvalue weighted by atomic mass is 10.1. The van der Waals surface area contributed by atoms with Gasteiger partial charge in [0.05, 0.1) is 16.0 Å². The number of thiophene rings is 1. The fourth-order valence-electron chi connectivity index (χ4n) is 2.40. The van der Waals surface area contributed by atoms with Gasteiger partial charge in [-0.3, -0.25) is 19.0 Å². The Morgan fingerprint density at radius 2 is 2.08 bits per heavy atom. The minimum Gasteiger partial charge on any atom is -0.506 e. The van der Waals surface area contributed by atoms with Gasteiger partial charge in [0.2, 0.25) is 0 Å². The fourth-order valence-corrected chi connectivity index (χ4v) is 3.09. The normalized spacial score (nSPS) is 10.8. The summed E-state index contributed by atoms with van der Waals surface area (Å²) in [5, 5.41) is 23.2. The highest BCUT2D eigenvalue weighted by atomic mass is 32.1. The molecule has 0 saturated heterocycles. The van der Waals surface area contributed by atoms with Crippen molar-refractivity contribution in [3.63, 3.8) is 0 Å². The van der Waals surface area contributed by atoms with Crippen LogP contribution in [0.2, 0.25) is 0 Å². The Balaban J connectivity index is 2.16. The number of nitrogens with zero attached hydrogens (tertiary/aromatic N) is 2. The zero-order valence-electron chi connectivity index (χ0n) is 13.0. The van der Waals surface area contributed by atoms with Crippen LogP contribution in [0.25, 0.3) is 21.6 Å². The van der Waals surface area contributed by atoms with Crippen LogP contribution in [-0.4, -0.2) is 38.2 Å². The van der Waals surface area contributed by atoms with Gasteiger partial charge in [-0.1, -0.05) is 6.07 Å². The average molecular weight is 359 g/mol. The average Bonchev–Trinajstić information content (AvgIpc) is 3.12. The number of carboxylic acids is 1. The monoisotopic (exact) mass is 359 g/mol. The summed E-state index contributed by atoms with van der Waals surface area (Å²) in [4.78, 5) is 40.4. The highest BCUT2D eigenvalue weighted by Crippen LogP contribution is 2.29. The number of rotatable bonds is 4. The van der Waals surface area contributed by atoms with Crippen LogP contribution in [0.15, 0.2) is 34.4 Å². The smallest absolute Gasteiger partial charge is 0.322 e. The number of aromatic nitrogens is 2. The molecule has 0 saturated carbocycles. The molecule has 0 spiro atoms. The Labute approximate surface area is 145 Å². The maximum Gasteiger partial charge on any atom is 0.322 e. The van der Waals surface area contributed by atoms with E-state index in [1.807, 2.05) is 17.5 Å². The molecule has 9 heteroatoms. The van der Waals surface area contributed by atoms with Gasteiger partial charge in [0.25, 0.3) is 11.5 Å². The molecule has 0 aliphatic carbocycles. The van der Waals surface area contributed by atoms with Gasteiger partial charge in [0, 0.05) is 7.05 Å². The Kier molecular flexibility index (Phi) is 4.24. The summed E-state index contributed by atoms with van der Waals surface area (Å²) in [6.45, 7) is -0.658. The molecule has 0 aromatic carbocycles. The Morgan fingerprint density at radius 3 is 2.72 bits per heavy atom. The van der Waals surface area contributed by atoms with E-state index in [4.69, 9.17) is 5.11 Å². The van der Waals surface area contributed by atoms with Crippen LogP contribution >= 0.6 is 11.3 Å². The minimum atomic E-state index is -1.26. The molecule has 25 heavy (non-hydrogen) atoms. The highest BCUT2D eigenvalue weighted by Gasteiger charge is 2.22. The first-order valence-corrected chi connectivity index (χ1v) is 8.04. The van der Waals surface area contributed by atoms with E-state index < -0.39 is 35.3 Å². The maximum atomic E-state index is 12.4. The molecule has 1 amide bonds. The van der Waals surface area contributed by atoms with Gasteiger partial charge in [0.1, 0.15) is 23.5 Å². The van der Waals surface area contributed by atoms with E-state index in [0.717, 1.165) is 9.44 Å². The number of aliphatic carboxylic acids is 1. The predicted molar refractivity (Wildman–Crippen MR) is 91.9 cm³/mol. The van der Waals surface area contributed by atoms with Gasteiger partial charge >= 0.3 is 5.97 Å². The lowest BCUT2D eigenvalue weighted by molar-refractivity contribution is -0.135. The third-order valence-electron chi connectivity index (χ3n) is 3.60. The molecule has 3 aromatic rings. The van der Waals surface area contributed by atoms with Gasteiger partial charge in [-0.05, 0) is 23.6 Å². The third kappa shape index (κ3) is 2.96. The van der Waals surface area contributed by atoms with E-state index in [9.17, 15) is 19.5 Å². The summed E-state index contributed by atoms with van der Waals surface area (Å²) in [6, 6.07) is 7.00. The lowest BCUT2D eigenvalue weighted by Gasteiger charge is -2.11. The van der Waals surface area contributed by atoms with Crippen LogP contribution in [0, 0.1) is 0 Å². The summed E-state index contributed by atoms with van der Waals surface area (Å²) in [5.74, 6) is -2.73. The van der Waals surface area contributed by atoms with E-state index in [1.165, 1.54) is 18.4 Å². The second kappa shape index (κ2) is 6.36. The van der Waals surface area contributed by atoms with Gasteiger partial charge in [0.15, 0.2) is 0 Å². The van der Waals surface area contributed by atoms with Crippen molar-refractivity contribution >= 4 is 34.2 Å². The molecule has 3 aromatic heterocycles. The number of fused-ring (bicyclic) bond motifs is 1. The molecule has 0 unspecified atom stereocenters. The quantitative estimate of drug-likeness (QED) is 0.643. The number of aryl methyl sites for hydroxylation is 1. The van der Waals surface area contributed by atoms with Crippen molar-refractivity contribution in [2.75, 3.05) is 6.54 Å². The van der Waals surface area contributed by atoms with Crippen LogP contribution in [0.1, 0.15) is 10.4 Å². The van der Waals surface area contributed by atoms with Gasteiger partial charge in [-0.25, -0.2) is 4.98 Å². The zero-order chi connectivity index (χ0) is 18.1. The predicted octanol–water partition coefficient (Wildman–Crippen LogP) is 1.18. The van der Waals surface area contributed by atoms with E-state index in [0.29, 0.717) is 5.69 Å². The minimum absolute atomic E-state index is 0.225. The first kappa shape index (κ1) is 16.7. The Bertz CT molecular complexity index is 1040. The molecule has 3 N–H and O–H groups in total. The van der Waals surface area contributed by atoms with Crippen LogP contribution in [0.3, 0.4) is 0 Å². The van der Waals surface area contributed by atoms with E-state index in [2.05, 4.69) is 10.3 Å². The molecule has 3 rings (SSSR count). The number of aromatic hydroxyl groups is 1. The highest BCUT2D eigenvalue weighted by molar-refractivity contribution is 7.13. The van der Waals surface area contributed by atoms with Crippen molar-refractivity contribution in [3.8, 4) is 16.3 Å². The van der Waals surface area contributed by atoms with E-state index >= 15 is 0 Å². The van der Waals surface area contributed by atoms with Crippen molar-refractivity contribution in [2.45, 2.75) is 0 Å². The van der Waals surface area contributed by atoms with Crippen molar-refractivity contribution in [1.82, 2.24) is 14.9 Å². The Hall–Kier alpha value is -3.20. The van der Waals surface area contributed by atoms with Gasteiger partial charge in [-0.15, -0.1) is 11.3 Å². The van der Waals surface area contributed by atoms with Crippen LogP contribution < -0.4 is 10.9 Å². The molecule has 8 nitrogen and oxygen atoms in total. The van der Waals surface area contributed by atoms with Crippen LogP contribution in [0.4, 0.5) is 0 Å². The van der Waals surface area contributed by atoms with Crippen LogP contribution in [-0.2, 0) is 11.8 Å². The largest absolute Gasteiger partial charge is 0.506 e. The van der Waals surface area contributed by atoms with Crippen molar-refractivity contribution in [1.29, 1.82) is 0 Å². The van der Waals surface area contributed by atoms with Crippen molar-refractivity contribution in [2.24, 2.45) is 7.05 Å². The van der Waals surface area contributed by atoms with Gasteiger partial charge < -0.3 is 15.5 Å². The zero-order valence-corrected chi connectivity index (χ0v) is 13.8. The molecule has 3 heterocycles. The molecule has 0 radical (unpaired) electrons. The number of carbonyl (C=O) groups is 2. The fraction of sp³-hybridized carbons (Fsp3) is 0.125. The second-order valence-electron chi connectivity index (χ2n) is 5.21. The molecule has 0 aliphatic rings. The maximum absolute atomic E-state index is 12.4. The molecular weight excluding hydrogens is 346 g/mol. The molecule has 0 bridgehead atoms. The number of nitrogens with one attached hydrogen (secondary N) is 1. The molecule has 0 aliphatic heterocycles. The summed E-state index contributed by atoms with van der Waals surface area (Å²) < 4.78 is 1.15. The number of hydrogen-bond acceptors (Lipinski definition) is 6. The second-order valence-corrected chi connectivity index (χ2v) is 6.16. The number of hydrogen-bond donors (Lipinski definition) is 3. The Morgan fingerprint density at radius 1 is 1.32 bits per heavy atom. The SMILES string of the molecule is Cn1c(=O)c(C(=O)NCC(=O)O)c(O)c2ccc(-c3cccs3)nc21. The molecule has 128 valence electrons. The number of carbonyl (C=O) groups excluding carboxylic acids is 1. The topological polar surface area (TPSA) is 122 Å². The van der Waals surface area contributed by atoms with Gasteiger partial charge in [-0.2, -0.15) is 0 Å². The third-order valence-corrected chi connectivity index (χ3v) is 4.50. The van der Waals surface area contributed by atoms with Crippen LogP contribution in [0.5, 0.6) is 5.75 Å². The number of amides is 1. The summed E-state index contributed by atoms with van der Waals surface area (Å²) >= 11 is 1.48. The first-order chi connectivity index (χ1) is 11.9. The van der Waals surface area contributed by atoms with Crippen molar-refractivity contribution < 1.29 is 19.8 Å². The summed E-state index contributed by atoms with van der Waals surface area (Å²) in [6.07, 6.45) is 0. The first-order valence-electron chi connectivity index (χ1n) is 7.16. The lowest BCUT2D eigenvalue weighted by Crippen LogP contribution is -2.35. The molecule has 0 atom stereocenters. The number of carboxylic acid groups (broad SMARTS) is 1. The van der Waals surface area contributed by atoms with E-state index in [-0.39, 0.29) is 11.0 Å². The molecule has 0 fully saturated rings. The van der Waals surface area contributed by atoms with E-state index in [1.54, 1.807) is 12.1 Å². The molecular formula is C16H13N3O5S. The standard InChI is InChI=1S/C16H13N3O5S/c1-19-14-8(4-5-9(18-14)10-3-2-6-25-10)13(22)12(16(19)24)15(23)17-7-11(20)21/h2-6,22H,7H2,1H3,(H,17,23)(H,20,21). The van der Waals surface area contributed by atoms with Crippen molar-refractivity contribution in [3.05, 3.63) is 45.6 Å². The number of pyridine rings is 2.